The molecule has 1 saturated heterocycles. The molecule has 2 fully saturated rings. The van der Waals surface area contributed by atoms with Crippen molar-refractivity contribution in [3.05, 3.63) is 65.7 Å². The van der Waals surface area contributed by atoms with E-state index in [1.54, 1.807) is 12.1 Å². The molecule has 5 nitrogen and oxygen atoms in total. The lowest BCUT2D eigenvalue weighted by molar-refractivity contribution is -0.0828. The maximum Gasteiger partial charge on any atom is 0.297 e. The zero-order chi connectivity index (χ0) is 18.4. The van der Waals surface area contributed by atoms with E-state index in [9.17, 15) is 8.42 Å². The predicted octanol–water partition coefficient (Wildman–Crippen LogP) is 3.35. The smallest absolute Gasteiger partial charge is 0.297 e. The first kappa shape index (κ1) is 15.5. The third-order valence-electron chi connectivity index (χ3n) is 4.48. The van der Waals surface area contributed by atoms with E-state index in [2.05, 4.69) is 0 Å². The Morgan fingerprint density at radius 3 is 2.20 bits per heavy atom. The van der Waals surface area contributed by atoms with Crippen LogP contribution in [0.5, 0.6) is 0 Å². The largest absolute Gasteiger partial charge is 0.342 e. The third kappa shape index (κ3) is 3.48. The van der Waals surface area contributed by atoms with E-state index < -0.39 is 22.5 Å². The lowest BCUT2D eigenvalue weighted by Crippen LogP contribution is -2.18. The quantitative estimate of drug-likeness (QED) is 0.782. The molecule has 2 aromatic carbocycles. The molecule has 2 unspecified atom stereocenters. The first-order valence-electron chi connectivity index (χ1n) is 8.73. The molecule has 1 aliphatic carbocycles. The third-order valence-corrected chi connectivity index (χ3v) is 5.78. The minimum atomic E-state index is -4.01. The Morgan fingerprint density at radius 2 is 1.60 bits per heavy atom. The van der Waals surface area contributed by atoms with Crippen molar-refractivity contribution in [1.82, 2.24) is 0 Å². The Morgan fingerprint density at radius 1 is 1.00 bits per heavy atom. The van der Waals surface area contributed by atoms with Crippen LogP contribution in [-0.2, 0) is 23.8 Å². The van der Waals surface area contributed by atoms with Crippen LogP contribution in [-0.4, -0.2) is 26.7 Å². The molecule has 1 saturated carbocycles. The van der Waals surface area contributed by atoms with Gasteiger partial charge in [-0.2, -0.15) is 8.42 Å². The highest BCUT2D eigenvalue weighted by Crippen LogP contribution is 2.41. The van der Waals surface area contributed by atoms with Gasteiger partial charge in [0.25, 0.3) is 10.1 Å². The molecule has 1 aliphatic heterocycles. The SMILES string of the molecule is [2H]C1(OS(=O)(=O)c2ccc(C)cc2)CC2OC(c3ccccc3)OC2C1. The molecule has 2 aliphatic rings. The van der Waals surface area contributed by atoms with Gasteiger partial charge in [0.15, 0.2) is 6.29 Å². The molecule has 25 heavy (non-hydrogen) atoms. The molecule has 0 amide bonds. The summed E-state index contributed by atoms with van der Waals surface area (Å²) in [5.74, 6) is 0. The van der Waals surface area contributed by atoms with Gasteiger partial charge in [0, 0.05) is 18.4 Å². The molecule has 0 radical (unpaired) electrons. The van der Waals surface area contributed by atoms with Crippen molar-refractivity contribution in [3.8, 4) is 0 Å². The molecule has 0 aromatic heterocycles. The molecule has 2 aromatic rings. The summed E-state index contributed by atoms with van der Waals surface area (Å²) in [5.41, 5.74) is 1.86. The summed E-state index contributed by atoms with van der Waals surface area (Å²) in [4.78, 5) is 0.0517. The minimum absolute atomic E-state index is 0.0517. The molecule has 132 valence electrons. The molecular formula is C19H20O5S. The predicted molar refractivity (Wildman–Crippen MR) is 91.4 cm³/mol. The van der Waals surface area contributed by atoms with Crippen LogP contribution in [0.15, 0.2) is 59.5 Å². The molecule has 1 heterocycles. The van der Waals surface area contributed by atoms with Gasteiger partial charge >= 0.3 is 0 Å². The van der Waals surface area contributed by atoms with Gasteiger partial charge in [-0.05, 0) is 19.1 Å². The highest BCUT2D eigenvalue weighted by molar-refractivity contribution is 7.86. The van der Waals surface area contributed by atoms with Crippen LogP contribution < -0.4 is 0 Å². The molecule has 0 N–H and O–H groups in total. The average molecular weight is 361 g/mol. The standard InChI is InChI=1S/C19H20O5S/c1-13-7-9-16(10-8-13)25(20,21)24-15-11-17-18(12-15)23-19(22-17)14-5-3-2-4-6-14/h2-10,15,17-19H,11-12H2,1H3/i15D. The van der Waals surface area contributed by atoms with Crippen molar-refractivity contribution in [2.24, 2.45) is 0 Å². The topological polar surface area (TPSA) is 61.8 Å². The van der Waals surface area contributed by atoms with Gasteiger partial charge in [-0.1, -0.05) is 48.0 Å². The van der Waals surface area contributed by atoms with Gasteiger partial charge in [0.05, 0.1) is 24.6 Å². The van der Waals surface area contributed by atoms with Crippen LogP contribution in [0, 0.1) is 6.92 Å². The fourth-order valence-electron chi connectivity index (χ4n) is 3.16. The van der Waals surface area contributed by atoms with E-state index in [4.69, 9.17) is 15.0 Å². The Balaban J connectivity index is 1.45. The number of fused-ring (bicyclic) bond motifs is 1. The summed E-state index contributed by atoms with van der Waals surface area (Å²) < 4.78 is 50.4. The lowest BCUT2D eigenvalue weighted by atomic mass is 10.2. The van der Waals surface area contributed by atoms with Crippen molar-refractivity contribution in [1.29, 1.82) is 0 Å². The number of ether oxygens (including phenoxy) is 2. The van der Waals surface area contributed by atoms with Crippen LogP contribution >= 0.6 is 0 Å². The Labute approximate surface area is 149 Å². The van der Waals surface area contributed by atoms with Crippen LogP contribution in [0.25, 0.3) is 0 Å². The molecule has 2 atom stereocenters. The second kappa shape index (κ2) is 6.53. The van der Waals surface area contributed by atoms with Crippen LogP contribution in [0.4, 0.5) is 0 Å². The number of aryl methyl sites for hydroxylation is 1. The molecular weight excluding hydrogens is 340 g/mol. The van der Waals surface area contributed by atoms with E-state index in [0.29, 0.717) is 0 Å². The first-order chi connectivity index (χ1) is 12.3. The van der Waals surface area contributed by atoms with Crippen LogP contribution in [0.1, 0.15) is 31.6 Å². The van der Waals surface area contributed by atoms with E-state index in [-0.39, 0.29) is 29.9 Å². The highest BCUT2D eigenvalue weighted by Gasteiger charge is 2.46. The number of rotatable bonds is 4. The average Bonchev–Trinajstić information content (AvgIpc) is 3.10. The summed E-state index contributed by atoms with van der Waals surface area (Å²) in [5, 5.41) is 0. The van der Waals surface area contributed by atoms with Gasteiger partial charge in [-0.3, -0.25) is 4.18 Å². The van der Waals surface area contributed by atoms with Crippen molar-refractivity contribution in [2.45, 2.75) is 49.2 Å². The summed E-state index contributed by atoms with van der Waals surface area (Å²) in [7, 11) is -4.01. The second-order valence-corrected chi connectivity index (χ2v) is 7.94. The monoisotopic (exact) mass is 361 g/mol. The Kier molecular flexibility index (Phi) is 4.06. The van der Waals surface area contributed by atoms with Crippen molar-refractivity contribution >= 4 is 10.1 Å². The number of hydrogen-bond acceptors (Lipinski definition) is 5. The van der Waals surface area contributed by atoms with Crippen LogP contribution in [0.2, 0.25) is 0 Å². The Hall–Kier alpha value is -1.73. The Bertz CT molecular complexity index is 868. The summed E-state index contributed by atoms with van der Waals surface area (Å²) >= 11 is 0. The van der Waals surface area contributed by atoms with E-state index in [1.807, 2.05) is 37.3 Å². The van der Waals surface area contributed by atoms with Crippen LogP contribution in [0.3, 0.4) is 0 Å². The van der Waals surface area contributed by atoms with Gasteiger partial charge in [-0.25, -0.2) is 0 Å². The molecule has 6 heteroatoms. The molecule has 4 rings (SSSR count). The van der Waals surface area contributed by atoms with Gasteiger partial charge in [0.1, 0.15) is 0 Å². The molecule has 0 bridgehead atoms. The van der Waals surface area contributed by atoms with Gasteiger partial charge < -0.3 is 9.47 Å². The zero-order valence-corrected chi connectivity index (χ0v) is 14.6. The van der Waals surface area contributed by atoms with Crippen molar-refractivity contribution in [3.63, 3.8) is 0 Å². The minimum Gasteiger partial charge on any atom is -0.342 e. The summed E-state index contributed by atoms with van der Waals surface area (Å²) in [6, 6.07) is 15.9. The second-order valence-electron chi connectivity index (χ2n) is 6.39. The number of benzene rings is 2. The van der Waals surface area contributed by atoms with E-state index in [1.165, 1.54) is 12.1 Å². The van der Waals surface area contributed by atoms with Crippen molar-refractivity contribution < 1.29 is 23.4 Å². The normalized spacial score (nSPS) is 32.4. The number of hydrogen-bond donors (Lipinski definition) is 0. The summed E-state index contributed by atoms with van der Waals surface area (Å²) in [6.45, 7) is 1.87. The fraction of sp³-hybridized carbons (Fsp3) is 0.368. The maximum atomic E-state index is 12.5. The summed E-state index contributed by atoms with van der Waals surface area (Å²) in [6.07, 6.45) is -2.49. The molecule has 0 spiro atoms. The lowest BCUT2D eigenvalue weighted by Gasteiger charge is -2.16. The zero-order valence-electron chi connectivity index (χ0n) is 14.8. The fourth-order valence-corrected chi connectivity index (χ4v) is 4.17. The van der Waals surface area contributed by atoms with Crippen molar-refractivity contribution in [2.75, 3.05) is 0 Å². The van der Waals surface area contributed by atoms with E-state index in [0.717, 1.165) is 11.1 Å². The van der Waals surface area contributed by atoms with E-state index >= 15 is 0 Å². The maximum absolute atomic E-state index is 12.5. The van der Waals surface area contributed by atoms with Gasteiger partial charge in [-0.15, -0.1) is 0 Å². The first-order valence-corrected chi connectivity index (χ1v) is 9.64. The van der Waals surface area contributed by atoms with Gasteiger partial charge in [0.2, 0.25) is 0 Å². The highest BCUT2D eigenvalue weighted by atomic mass is 32.2.